The van der Waals surface area contributed by atoms with Crippen molar-refractivity contribution in [3.63, 3.8) is 0 Å². The number of piperidine rings is 1. The highest BCUT2D eigenvalue weighted by atomic mass is 16.2. The van der Waals surface area contributed by atoms with Crippen LogP contribution in [-0.4, -0.2) is 23.9 Å². The van der Waals surface area contributed by atoms with Crippen LogP contribution in [-0.2, 0) is 4.79 Å². The van der Waals surface area contributed by atoms with E-state index in [9.17, 15) is 9.59 Å². The van der Waals surface area contributed by atoms with Crippen LogP contribution in [0.2, 0.25) is 0 Å². The highest BCUT2D eigenvalue weighted by Gasteiger charge is 2.40. The molecule has 1 saturated heterocycles. The van der Waals surface area contributed by atoms with Gasteiger partial charge in [0.15, 0.2) is 0 Å². The summed E-state index contributed by atoms with van der Waals surface area (Å²) in [5, 5.41) is 15.1. The number of benzene rings is 1. The Morgan fingerprint density at radius 3 is 2.76 bits per heavy atom. The van der Waals surface area contributed by atoms with Gasteiger partial charge in [-0.05, 0) is 61.8 Å². The van der Waals surface area contributed by atoms with Crippen molar-refractivity contribution in [2.75, 3.05) is 0 Å². The van der Waals surface area contributed by atoms with E-state index in [2.05, 4.69) is 23.6 Å². The monoisotopic (exact) mass is 339 g/mol. The molecule has 1 heterocycles. The van der Waals surface area contributed by atoms with Gasteiger partial charge in [-0.2, -0.15) is 5.26 Å². The molecule has 1 aromatic carbocycles. The van der Waals surface area contributed by atoms with Crippen LogP contribution in [0.3, 0.4) is 0 Å². The summed E-state index contributed by atoms with van der Waals surface area (Å²) in [6.45, 7) is 2.17. The van der Waals surface area contributed by atoms with E-state index in [0.717, 1.165) is 32.1 Å². The third kappa shape index (κ3) is 4.01. The Bertz CT molecular complexity index is 677. The van der Waals surface area contributed by atoms with Gasteiger partial charge in [-0.25, -0.2) is 0 Å². The molecular formula is C20H25N3O2. The number of amides is 2. The van der Waals surface area contributed by atoms with E-state index in [4.69, 9.17) is 5.26 Å². The second-order valence-corrected chi connectivity index (χ2v) is 7.26. The van der Waals surface area contributed by atoms with Crippen LogP contribution >= 0.6 is 0 Å². The number of hydrogen-bond donors (Lipinski definition) is 2. The van der Waals surface area contributed by atoms with E-state index < -0.39 is 0 Å². The molecule has 0 bridgehead atoms. The molecule has 1 saturated carbocycles. The van der Waals surface area contributed by atoms with Gasteiger partial charge < -0.3 is 10.6 Å². The first-order valence-electron chi connectivity index (χ1n) is 9.21. The molecule has 3 rings (SSSR count). The number of nitrogens with zero attached hydrogens (tertiary/aromatic N) is 1. The van der Waals surface area contributed by atoms with Crippen LogP contribution in [0.4, 0.5) is 0 Å². The normalized spacial score (nSPS) is 28.4. The first kappa shape index (κ1) is 17.5. The molecule has 132 valence electrons. The molecule has 25 heavy (non-hydrogen) atoms. The minimum absolute atomic E-state index is 0.0880. The number of carbonyl (C=O) groups is 2. The minimum Gasteiger partial charge on any atom is -0.353 e. The highest BCUT2D eigenvalue weighted by Crippen LogP contribution is 2.37. The summed E-state index contributed by atoms with van der Waals surface area (Å²) in [5.74, 6) is 1.07. The molecule has 2 fully saturated rings. The van der Waals surface area contributed by atoms with E-state index in [1.165, 1.54) is 0 Å². The fourth-order valence-electron chi connectivity index (χ4n) is 4.36. The largest absolute Gasteiger partial charge is 0.353 e. The van der Waals surface area contributed by atoms with Crippen molar-refractivity contribution in [3.05, 3.63) is 35.4 Å². The van der Waals surface area contributed by atoms with Gasteiger partial charge in [0.2, 0.25) is 5.91 Å². The first-order chi connectivity index (χ1) is 12.1. The van der Waals surface area contributed by atoms with Gasteiger partial charge in [0, 0.05) is 24.1 Å². The molecule has 2 aliphatic rings. The Morgan fingerprint density at radius 2 is 2.08 bits per heavy atom. The Labute approximate surface area is 148 Å². The number of nitriles is 1. The van der Waals surface area contributed by atoms with Crippen molar-refractivity contribution in [2.24, 2.45) is 11.8 Å². The minimum atomic E-state index is -0.111. The summed E-state index contributed by atoms with van der Waals surface area (Å²) in [7, 11) is 0. The molecule has 2 amide bonds. The SMILES string of the molecule is CCCC1CC(=O)NC2CC(NC(=O)c3ccc(C#N)cc3)CCC12. The van der Waals surface area contributed by atoms with E-state index >= 15 is 0 Å². The van der Waals surface area contributed by atoms with Crippen molar-refractivity contribution in [3.8, 4) is 6.07 Å². The van der Waals surface area contributed by atoms with Crippen LogP contribution < -0.4 is 10.6 Å². The number of rotatable bonds is 4. The first-order valence-corrected chi connectivity index (χ1v) is 9.21. The lowest BCUT2D eigenvalue weighted by Gasteiger charge is -2.44. The summed E-state index contributed by atoms with van der Waals surface area (Å²) < 4.78 is 0. The van der Waals surface area contributed by atoms with Gasteiger partial charge in [0.25, 0.3) is 5.91 Å². The molecule has 1 aliphatic heterocycles. The summed E-state index contributed by atoms with van der Waals surface area (Å²) >= 11 is 0. The van der Waals surface area contributed by atoms with Crippen molar-refractivity contribution in [2.45, 2.75) is 57.5 Å². The zero-order valence-corrected chi connectivity index (χ0v) is 14.6. The number of fused-ring (bicyclic) bond motifs is 1. The van der Waals surface area contributed by atoms with Crippen LogP contribution in [0.5, 0.6) is 0 Å². The van der Waals surface area contributed by atoms with E-state index in [-0.39, 0.29) is 23.9 Å². The molecular weight excluding hydrogens is 314 g/mol. The zero-order valence-electron chi connectivity index (χ0n) is 14.6. The average Bonchev–Trinajstić information content (AvgIpc) is 2.61. The van der Waals surface area contributed by atoms with Crippen molar-refractivity contribution in [1.82, 2.24) is 10.6 Å². The summed E-state index contributed by atoms with van der Waals surface area (Å²) in [6.07, 6.45) is 5.68. The zero-order chi connectivity index (χ0) is 17.8. The van der Waals surface area contributed by atoms with E-state index in [1.807, 2.05) is 0 Å². The van der Waals surface area contributed by atoms with Crippen molar-refractivity contribution >= 4 is 11.8 Å². The molecule has 1 aliphatic carbocycles. The molecule has 1 aromatic rings. The predicted octanol–water partition coefficient (Wildman–Crippen LogP) is 2.76. The Morgan fingerprint density at radius 1 is 1.32 bits per heavy atom. The maximum absolute atomic E-state index is 12.4. The topological polar surface area (TPSA) is 82.0 Å². The second kappa shape index (κ2) is 7.69. The van der Waals surface area contributed by atoms with Gasteiger partial charge in [-0.3, -0.25) is 9.59 Å². The van der Waals surface area contributed by atoms with E-state index in [1.54, 1.807) is 24.3 Å². The molecule has 0 spiro atoms. The van der Waals surface area contributed by atoms with Crippen LogP contribution in [0, 0.1) is 23.2 Å². The molecule has 5 nitrogen and oxygen atoms in total. The lowest BCUT2D eigenvalue weighted by Crippen LogP contribution is -2.55. The molecule has 4 unspecified atom stereocenters. The third-order valence-electron chi connectivity index (χ3n) is 5.57. The Kier molecular flexibility index (Phi) is 5.37. The summed E-state index contributed by atoms with van der Waals surface area (Å²) in [4.78, 5) is 24.4. The van der Waals surface area contributed by atoms with Gasteiger partial charge in [-0.15, -0.1) is 0 Å². The Hall–Kier alpha value is -2.35. The van der Waals surface area contributed by atoms with E-state index in [0.29, 0.717) is 29.4 Å². The molecule has 4 atom stereocenters. The quantitative estimate of drug-likeness (QED) is 0.885. The van der Waals surface area contributed by atoms with Crippen molar-refractivity contribution in [1.29, 1.82) is 5.26 Å². The fraction of sp³-hybridized carbons (Fsp3) is 0.550. The highest BCUT2D eigenvalue weighted by molar-refractivity contribution is 5.94. The van der Waals surface area contributed by atoms with Gasteiger partial charge in [-0.1, -0.05) is 13.3 Å². The number of carbonyl (C=O) groups excluding carboxylic acids is 2. The van der Waals surface area contributed by atoms with Gasteiger partial charge >= 0.3 is 0 Å². The number of nitrogens with one attached hydrogen (secondary N) is 2. The summed E-state index contributed by atoms with van der Waals surface area (Å²) in [5.41, 5.74) is 1.11. The fourth-order valence-corrected chi connectivity index (χ4v) is 4.36. The second-order valence-electron chi connectivity index (χ2n) is 7.26. The molecule has 2 N–H and O–H groups in total. The predicted molar refractivity (Wildman–Crippen MR) is 94.7 cm³/mol. The lowest BCUT2D eigenvalue weighted by atomic mass is 9.70. The third-order valence-corrected chi connectivity index (χ3v) is 5.57. The van der Waals surface area contributed by atoms with Crippen molar-refractivity contribution < 1.29 is 9.59 Å². The van der Waals surface area contributed by atoms with Gasteiger partial charge in [0.1, 0.15) is 0 Å². The molecule has 5 heteroatoms. The van der Waals surface area contributed by atoms with Crippen LogP contribution in [0.15, 0.2) is 24.3 Å². The van der Waals surface area contributed by atoms with Crippen LogP contribution in [0.25, 0.3) is 0 Å². The standard InChI is InChI=1S/C20H25N3O2/c1-2-3-15-10-19(24)23-18-11-16(8-9-17(15)18)22-20(25)14-6-4-13(12-21)5-7-14/h4-7,15-18H,2-3,8-11H2,1H3,(H,22,25)(H,23,24). The smallest absolute Gasteiger partial charge is 0.251 e. The van der Waals surface area contributed by atoms with Gasteiger partial charge in [0.05, 0.1) is 11.6 Å². The maximum atomic E-state index is 12.4. The lowest BCUT2D eigenvalue weighted by molar-refractivity contribution is -0.127. The molecule has 0 radical (unpaired) electrons. The number of hydrogen-bond acceptors (Lipinski definition) is 3. The average molecular weight is 339 g/mol. The summed E-state index contributed by atoms with van der Waals surface area (Å²) in [6, 6.07) is 8.99. The molecule has 0 aromatic heterocycles. The maximum Gasteiger partial charge on any atom is 0.251 e. The van der Waals surface area contributed by atoms with Crippen LogP contribution in [0.1, 0.15) is 61.4 Å². The Balaban J connectivity index is 1.61.